The van der Waals surface area contributed by atoms with E-state index in [0.717, 1.165) is 18.9 Å². The predicted octanol–water partition coefficient (Wildman–Crippen LogP) is 3.64. The number of rotatable bonds is 10. The smallest absolute Gasteiger partial charge is 0.110 e. The first-order valence-corrected chi connectivity index (χ1v) is 7.93. The Hall–Kier alpha value is -0.830. The molecule has 110 valence electrons. The van der Waals surface area contributed by atoms with Gasteiger partial charge in [-0.05, 0) is 25.8 Å². The number of imidazole rings is 1. The first-order chi connectivity index (χ1) is 9.26. The number of aromatic nitrogens is 2. The van der Waals surface area contributed by atoms with Crippen molar-refractivity contribution in [3.05, 3.63) is 18.2 Å². The summed E-state index contributed by atoms with van der Waals surface area (Å²) in [7, 11) is 2.09. The molecule has 0 fully saturated rings. The van der Waals surface area contributed by atoms with Gasteiger partial charge in [-0.1, -0.05) is 40.0 Å². The molecular weight excluding hydrogens is 234 g/mol. The minimum Gasteiger partial charge on any atom is -0.335 e. The van der Waals surface area contributed by atoms with E-state index in [1.54, 1.807) is 0 Å². The predicted molar refractivity (Wildman–Crippen MR) is 82.4 cm³/mol. The molecule has 0 bridgehead atoms. The third-order valence-corrected chi connectivity index (χ3v) is 4.06. The minimum absolute atomic E-state index is 0.551. The highest BCUT2D eigenvalue weighted by atomic mass is 15.1. The molecule has 0 spiro atoms. The van der Waals surface area contributed by atoms with Crippen molar-refractivity contribution in [2.24, 2.45) is 5.92 Å². The van der Waals surface area contributed by atoms with Gasteiger partial charge in [0.2, 0.25) is 0 Å². The van der Waals surface area contributed by atoms with E-state index in [0.29, 0.717) is 6.04 Å². The summed E-state index contributed by atoms with van der Waals surface area (Å²) in [6, 6.07) is 0.551. The van der Waals surface area contributed by atoms with Crippen molar-refractivity contribution in [1.82, 2.24) is 14.9 Å². The average molecular weight is 265 g/mol. The molecule has 19 heavy (non-hydrogen) atoms. The number of hydrogen-bond donors (Lipinski definition) is 1. The highest BCUT2D eigenvalue weighted by Gasteiger charge is 2.20. The highest BCUT2D eigenvalue weighted by molar-refractivity contribution is 4.96. The van der Waals surface area contributed by atoms with E-state index >= 15 is 0 Å². The summed E-state index contributed by atoms with van der Waals surface area (Å²) in [5, 5.41) is 3.52. The third-order valence-electron chi connectivity index (χ3n) is 4.06. The van der Waals surface area contributed by atoms with Crippen LogP contribution in [0.1, 0.15) is 58.7 Å². The largest absolute Gasteiger partial charge is 0.335 e. The topological polar surface area (TPSA) is 29.9 Å². The molecule has 0 amide bonds. The Morgan fingerprint density at radius 2 is 2.05 bits per heavy atom. The number of nitrogens with one attached hydrogen (secondary N) is 1. The van der Waals surface area contributed by atoms with Crippen LogP contribution in [0.5, 0.6) is 0 Å². The Labute approximate surface area is 118 Å². The molecule has 1 aromatic heterocycles. The molecule has 0 saturated heterocycles. The van der Waals surface area contributed by atoms with Crippen LogP contribution < -0.4 is 5.32 Å². The molecule has 0 aliphatic carbocycles. The van der Waals surface area contributed by atoms with E-state index in [1.807, 2.05) is 6.20 Å². The average Bonchev–Trinajstić information content (AvgIpc) is 2.86. The Bertz CT molecular complexity index is 332. The second-order valence-corrected chi connectivity index (χ2v) is 5.45. The fraction of sp³-hybridized carbons (Fsp3) is 0.812. The maximum absolute atomic E-state index is 4.54. The Balaban J connectivity index is 2.65. The monoisotopic (exact) mass is 265 g/mol. The van der Waals surface area contributed by atoms with Crippen LogP contribution in [0.4, 0.5) is 0 Å². The maximum atomic E-state index is 4.54. The van der Waals surface area contributed by atoms with Crippen LogP contribution in [0.3, 0.4) is 0 Å². The first-order valence-electron chi connectivity index (χ1n) is 7.93. The number of aryl methyl sites for hydroxylation is 1. The van der Waals surface area contributed by atoms with Crippen LogP contribution in [-0.4, -0.2) is 22.6 Å². The van der Waals surface area contributed by atoms with Crippen LogP contribution in [0, 0.1) is 5.92 Å². The molecule has 0 saturated carbocycles. The molecule has 0 aromatic carbocycles. The fourth-order valence-corrected chi connectivity index (χ4v) is 2.83. The van der Waals surface area contributed by atoms with Crippen molar-refractivity contribution in [2.75, 3.05) is 7.05 Å². The van der Waals surface area contributed by atoms with Crippen molar-refractivity contribution < 1.29 is 0 Å². The Morgan fingerprint density at radius 3 is 2.63 bits per heavy atom. The zero-order valence-electron chi connectivity index (χ0n) is 13.2. The fourth-order valence-electron chi connectivity index (χ4n) is 2.83. The van der Waals surface area contributed by atoms with Gasteiger partial charge in [0.1, 0.15) is 5.82 Å². The standard InChI is InChI=1S/C16H31N3/c1-5-8-9-14(7-3)15(17-4)13-16-18-10-12-19(16)11-6-2/h10,12,14-15,17H,5-9,11,13H2,1-4H3. The normalized spacial score (nSPS) is 14.5. The molecule has 2 unspecified atom stereocenters. The van der Waals surface area contributed by atoms with E-state index in [2.05, 4.69) is 48.9 Å². The summed E-state index contributed by atoms with van der Waals surface area (Å²) in [6.45, 7) is 7.88. The summed E-state index contributed by atoms with van der Waals surface area (Å²) < 4.78 is 2.30. The maximum Gasteiger partial charge on any atom is 0.110 e. The lowest BCUT2D eigenvalue weighted by Gasteiger charge is -2.26. The van der Waals surface area contributed by atoms with Crippen molar-refractivity contribution in [3.63, 3.8) is 0 Å². The third kappa shape index (κ3) is 4.98. The number of unbranched alkanes of at least 4 members (excludes halogenated alkanes) is 1. The lowest BCUT2D eigenvalue weighted by Crippen LogP contribution is -2.36. The van der Waals surface area contributed by atoms with Gasteiger partial charge in [0.25, 0.3) is 0 Å². The van der Waals surface area contributed by atoms with Crippen LogP contribution in [0.2, 0.25) is 0 Å². The summed E-state index contributed by atoms with van der Waals surface area (Å²) in [6.07, 6.45) is 11.5. The summed E-state index contributed by atoms with van der Waals surface area (Å²) in [4.78, 5) is 4.54. The van der Waals surface area contributed by atoms with Crippen LogP contribution in [-0.2, 0) is 13.0 Å². The van der Waals surface area contributed by atoms with E-state index in [-0.39, 0.29) is 0 Å². The van der Waals surface area contributed by atoms with Crippen molar-refractivity contribution in [2.45, 2.75) is 71.9 Å². The van der Waals surface area contributed by atoms with E-state index < -0.39 is 0 Å². The van der Waals surface area contributed by atoms with Gasteiger partial charge in [0.15, 0.2) is 0 Å². The van der Waals surface area contributed by atoms with Gasteiger partial charge in [-0.3, -0.25) is 0 Å². The van der Waals surface area contributed by atoms with E-state index in [1.165, 1.54) is 37.9 Å². The Morgan fingerprint density at radius 1 is 1.26 bits per heavy atom. The summed E-state index contributed by atoms with van der Waals surface area (Å²) >= 11 is 0. The lowest BCUT2D eigenvalue weighted by atomic mass is 9.89. The van der Waals surface area contributed by atoms with Crippen molar-refractivity contribution >= 4 is 0 Å². The number of hydrogen-bond acceptors (Lipinski definition) is 2. The summed E-state index contributed by atoms with van der Waals surface area (Å²) in [5.41, 5.74) is 0. The quantitative estimate of drug-likeness (QED) is 0.700. The van der Waals surface area contributed by atoms with E-state index in [9.17, 15) is 0 Å². The van der Waals surface area contributed by atoms with Gasteiger partial charge in [-0.2, -0.15) is 0 Å². The molecule has 3 nitrogen and oxygen atoms in total. The van der Waals surface area contributed by atoms with Crippen LogP contribution in [0.15, 0.2) is 12.4 Å². The molecular formula is C16H31N3. The van der Waals surface area contributed by atoms with Gasteiger partial charge in [-0.15, -0.1) is 0 Å². The minimum atomic E-state index is 0.551. The number of nitrogens with zero attached hydrogens (tertiary/aromatic N) is 2. The Kier molecular flexibility index (Phi) is 7.80. The van der Waals surface area contributed by atoms with Gasteiger partial charge in [0, 0.05) is 31.4 Å². The first kappa shape index (κ1) is 16.2. The van der Waals surface area contributed by atoms with E-state index in [4.69, 9.17) is 0 Å². The molecule has 0 aliphatic rings. The molecule has 2 atom stereocenters. The molecule has 1 N–H and O–H groups in total. The van der Waals surface area contributed by atoms with Gasteiger partial charge in [0.05, 0.1) is 0 Å². The van der Waals surface area contributed by atoms with Crippen LogP contribution in [0.25, 0.3) is 0 Å². The van der Waals surface area contributed by atoms with Crippen molar-refractivity contribution in [1.29, 1.82) is 0 Å². The zero-order valence-corrected chi connectivity index (χ0v) is 13.2. The second-order valence-electron chi connectivity index (χ2n) is 5.45. The molecule has 0 radical (unpaired) electrons. The number of likely N-dealkylation sites (N-methyl/N-ethyl adjacent to an activating group) is 1. The highest BCUT2D eigenvalue weighted by Crippen LogP contribution is 2.19. The van der Waals surface area contributed by atoms with Gasteiger partial charge < -0.3 is 9.88 Å². The molecule has 1 aromatic rings. The summed E-state index contributed by atoms with van der Waals surface area (Å²) in [5.74, 6) is 1.99. The molecule has 1 rings (SSSR count). The SMILES string of the molecule is CCCCC(CC)C(Cc1nccn1CCC)NC. The van der Waals surface area contributed by atoms with Crippen LogP contribution >= 0.6 is 0 Å². The lowest BCUT2D eigenvalue weighted by molar-refractivity contribution is 0.324. The van der Waals surface area contributed by atoms with Gasteiger partial charge in [-0.25, -0.2) is 4.98 Å². The van der Waals surface area contributed by atoms with Gasteiger partial charge >= 0.3 is 0 Å². The second kappa shape index (κ2) is 9.13. The van der Waals surface area contributed by atoms with Crippen molar-refractivity contribution in [3.8, 4) is 0 Å². The molecule has 0 aliphatic heterocycles. The molecule has 1 heterocycles. The zero-order chi connectivity index (χ0) is 14.1. The molecule has 3 heteroatoms.